The van der Waals surface area contributed by atoms with Crippen molar-refractivity contribution in [2.24, 2.45) is 0 Å². The molecule has 0 radical (unpaired) electrons. The summed E-state index contributed by atoms with van der Waals surface area (Å²) in [5, 5.41) is 10.5. The van der Waals surface area contributed by atoms with E-state index in [4.69, 9.17) is 4.98 Å². The molecular formula is C26H31N5O3S. The number of aromatic nitrogens is 3. The van der Waals surface area contributed by atoms with E-state index in [0.29, 0.717) is 36.8 Å². The van der Waals surface area contributed by atoms with Crippen LogP contribution in [0.1, 0.15) is 59.8 Å². The van der Waals surface area contributed by atoms with E-state index in [1.807, 2.05) is 42.5 Å². The largest absolute Gasteiger partial charge is 0.322 e. The van der Waals surface area contributed by atoms with Crippen LogP contribution >= 0.6 is 0 Å². The Morgan fingerprint density at radius 1 is 1.03 bits per heavy atom. The number of benzene rings is 2. The lowest BCUT2D eigenvalue weighted by molar-refractivity contribution is 0.102. The third kappa shape index (κ3) is 5.97. The Hall–Kier alpha value is -3.04. The molecule has 0 atom stereocenters. The van der Waals surface area contributed by atoms with Gasteiger partial charge in [-0.25, -0.2) is 13.4 Å². The molecule has 5 rings (SSSR count). The van der Waals surface area contributed by atoms with Gasteiger partial charge in [0.15, 0.2) is 21.5 Å². The third-order valence-corrected chi connectivity index (χ3v) is 8.53. The van der Waals surface area contributed by atoms with Crippen LogP contribution in [0.4, 0.5) is 5.69 Å². The van der Waals surface area contributed by atoms with Crippen molar-refractivity contribution in [2.45, 2.75) is 44.6 Å². The molecule has 8 nitrogen and oxygen atoms in total. The molecule has 1 saturated heterocycles. The van der Waals surface area contributed by atoms with Gasteiger partial charge in [-0.3, -0.25) is 14.8 Å². The molecule has 0 spiro atoms. The number of hydrogen-bond acceptors (Lipinski definition) is 6. The van der Waals surface area contributed by atoms with Gasteiger partial charge in [0, 0.05) is 42.4 Å². The summed E-state index contributed by atoms with van der Waals surface area (Å²) in [4.78, 5) is 19.7. The summed E-state index contributed by atoms with van der Waals surface area (Å²) < 4.78 is 23.3. The number of sulfone groups is 1. The molecule has 35 heavy (non-hydrogen) atoms. The van der Waals surface area contributed by atoms with Crippen LogP contribution in [0.25, 0.3) is 11.4 Å². The van der Waals surface area contributed by atoms with Crippen LogP contribution in [0.2, 0.25) is 0 Å². The summed E-state index contributed by atoms with van der Waals surface area (Å²) in [7, 11) is -2.90. The predicted octanol–water partition coefficient (Wildman–Crippen LogP) is 4.00. The topological polar surface area (TPSA) is 108 Å². The van der Waals surface area contributed by atoms with Gasteiger partial charge in [0.05, 0.1) is 11.5 Å². The average molecular weight is 494 g/mol. The molecule has 0 bridgehead atoms. The second kappa shape index (κ2) is 10.3. The normalized spacial score (nSPS) is 18.9. The average Bonchev–Trinajstić information content (AvgIpc) is 3.37. The first-order valence-corrected chi connectivity index (χ1v) is 14.1. The fraction of sp³-hybridized carbons (Fsp3) is 0.423. The monoisotopic (exact) mass is 493 g/mol. The van der Waals surface area contributed by atoms with E-state index in [0.717, 1.165) is 35.6 Å². The lowest BCUT2D eigenvalue weighted by Gasteiger charge is -2.26. The number of H-pyrrole nitrogens is 1. The molecule has 2 heterocycles. The molecule has 2 fully saturated rings. The van der Waals surface area contributed by atoms with Crippen molar-refractivity contribution < 1.29 is 13.2 Å². The minimum Gasteiger partial charge on any atom is -0.322 e. The number of anilines is 1. The Morgan fingerprint density at radius 2 is 1.77 bits per heavy atom. The van der Waals surface area contributed by atoms with Gasteiger partial charge >= 0.3 is 0 Å². The summed E-state index contributed by atoms with van der Waals surface area (Å²) in [5.74, 6) is 2.31. The molecule has 3 aromatic rings. The van der Waals surface area contributed by atoms with Gasteiger partial charge in [-0.2, -0.15) is 5.10 Å². The van der Waals surface area contributed by atoms with Crippen molar-refractivity contribution in [2.75, 3.05) is 29.9 Å². The number of aromatic amines is 1. The van der Waals surface area contributed by atoms with Gasteiger partial charge in [0.1, 0.15) is 0 Å². The Kier molecular flexibility index (Phi) is 6.97. The highest BCUT2D eigenvalue weighted by Crippen LogP contribution is 2.31. The number of amides is 1. The Morgan fingerprint density at radius 3 is 2.51 bits per heavy atom. The lowest BCUT2D eigenvalue weighted by Crippen LogP contribution is -2.39. The highest BCUT2D eigenvalue weighted by atomic mass is 32.2. The van der Waals surface area contributed by atoms with Gasteiger partial charge in [0.2, 0.25) is 0 Å². The summed E-state index contributed by atoms with van der Waals surface area (Å²) in [6, 6.07) is 15.1. The maximum absolute atomic E-state index is 12.8. The van der Waals surface area contributed by atoms with Crippen molar-refractivity contribution in [3.63, 3.8) is 0 Å². The van der Waals surface area contributed by atoms with Crippen molar-refractivity contribution in [1.29, 1.82) is 0 Å². The lowest BCUT2D eigenvalue weighted by atomic mass is 9.89. The van der Waals surface area contributed by atoms with Gasteiger partial charge in [-0.1, -0.05) is 31.4 Å². The summed E-state index contributed by atoms with van der Waals surface area (Å²) in [5.41, 5.74) is 3.20. The van der Waals surface area contributed by atoms with E-state index in [1.54, 1.807) is 6.07 Å². The van der Waals surface area contributed by atoms with Crippen LogP contribution in [-0.2, 0) is 16.4 Å². The van der Waals surface area contributed by atoms with E-state index < -0.39 is 9.84 Å². The molecule has 1 aliphatic heterocycles. The van der Waals surface area contributed by atoms with E-state index in [2.05, 4.69) is 20.4 Å². The second-order valence-corrected chi connectivity index (χ2v) is 11.8. The van der Waals surface area contributed by atoms with Crippen LogP contribution < -0.4 is 5.32 Å². The number of hydrogen-bond donors (Lipinski definition) is 2. The fourth-order valence-electron chi connectivity index (χ4n) is 4.84. The highest BCUT2D eigenvalue weighted by Gasteiger charge is 2.22. The van der Waals surface area contributed by atoms with Gasteiger partial charge in [-0.05, 0) is 54.8 Å². The first kappa shape index (κ1) is 23.7. The molecule has 1 aliphatic carbocycles. The van der Waals surface area contributed by atoms with Crippen LogP contribution in [0.5, 0.6) is 0 Å². The number of nitrogens with zero attached hydrogens (tertiary/aromatic N) is 3. The first-order valence-electron chi connectivity index (χ1n) is 12.3. The van der Waals surface area contributed by atoms with Crippen molar-refractivity contribution >= 4 is 21.4 Å². The van der Waals surface area contributed by atoms with Crippen LogP contribution in [0.3, 0.4) is 0 Å². The highest BCUT2D eigenvalue weighted by molar-refractivity contribution is 7.91. The Bertz CT molecular complexity index is 1270. The van der Waals surface area contributed by atoms with Crippen LogP contribution in [-0.4, -0.2) is 59.0 Å². The van der Waals surface area contributed by atoms with E-state index >= 15 is 0 Å². The maximum atomic E-state index is 12.8. The van der Waals surface area contributed by atoms with E-state index in [9.17, 15) is 13.2 Å². The van der Waals surface area contributed by atoms with Crippen molar-refractivity contribution in [1.82, 2.24) is 20.1 Å². The minimum absolute atomic E-state index is 0.180. The molecule has 2 aromatic carbocycles. The first-order chi connectivity index (χ1) is 16.9. The third-order valence-electron chi connectivity index (χ3n) is 6.92. The fourth-order valence-corrected chi connectivity index (χ4v) is 6.12. The zero-order valence-corrected chi connectivity index (χ0v) is 20.6. The van der Waals surface area contributed by atoms with Gasteiger partial charge in [0.25, 0.3) is 5.91 Å². The molecule has 1 saturated carbocycles. The van der Waals surface area contributed by atoms with E-state index in [-0.39, 0.29) is 17.4 Å². The van der Waals surface area contributed by atoms with Crippen molar-refractivity contribution in [3.05, 3.63) is 65.5 Å². The standard InChI is InChI=1S/C26H31N5O3S/c32-26(22-8-4-5-19(17-22)18-31-13-15-35(33,34)16-14-31)27-23-11-9-21(10-12-23)25-28-24(29-30-25)20-6-2-1-3-7-20/h4-5,8-12,17,20H,1-3,6-7,13-16,18H2,(H,27,32)(H,28,29,30). The molecular weight excluding hydrogens is 462 g/mol. The zero-order chi connectivity index (χ0) is 24.3. The molecule has 0 unspecified atom stereocenters. The number of carbonyl (C=O) groups is 1. The molecule has 9 heteroatoms. The zero-order valence-electron chi connectivity index (χ0n) is 19.7. The minimum atomic E-state index is -2.90. The number of rotatable bonds is 6. The predicted molar refractivity (Wildman–Crippen MR) is 136 cm³/mol. The SMILES string of the molecule is O=C(Nc1ccc(-c2nc(C3CCCCC3)n[nH]2)cc1)c1cccc(CN2CCS(=O)(=O)CC2)c1. The summed E-state index contributed by atoms with van der Waals surface area (Å²) >= 11 is 0. The molecule has 1 amide bonds. The number of nitrogens with one attached hydrogen (secondary N) is 2. The Labute approximate surface area is 206 Å². The maximum Gasteiger partial charge on any atom is 0.255 e. The van der Waals surface area contributed by atoms with Gasteiger partial charge in [-0.15, -0.1) is 0 Å². The summed E-state index contributed by atoms with van der Waals surface area (Å²) in [6.07, 6.45) is 6.10. The molecule has 184 valence electrons. The van der Waals surface area contributed by atoms with Gasteiger partial charge < -0.3 is 5.32 Å². The van der Waals surface area contributed by atoms with Crippen LogP contribution in [0, 0.1) is 0 Å². The second-order valence-electron chi connectivity index (χ2n) is 9.54. The molecule has 2 N–H and O–H groups in total. The molecule has 2 aliphatic rings. The number of carbonyl (C=O) groups excluding carboxylic acids is 1. The van der Waals surface area contributed by atoms with Crippen LogP contribution in [0.15, 0.2) is 48.5 Å². The quantitative estimate of drug-likeness (QED) is 0.537. The van der Waals surface area contributed by atoms with Crippen molar-refractivity contribution in [3.8, 4) is 11.4 Å². The Balaban J connectivity index is 1.20. The summed E-state index contributed by atoms with van der Waals surface area (Å²) in [6.45, 7) is 1.68. The molecule has 1 aromatic heterocycles. The smallest absolute Gasteiger partial charge is 0.255 e. The van der Waals surface area contributed by atoms with E-state index in [1.165, 1.54) is 19.3 Å².